The standard InChI is InChI=1S/C26H30O3/c1-19-15-17-20(18-16-19)11-7-5-3-2-4-6-8-14-23-24(27)21-12-9-10-13-22(21)25(28)26(23)29/h9-10,12-13,15-18,29H,2-8,11,14H2,1H3. The Kier molecular flexibility index (Phi) is 7.40. The first kappa shape index (κ1) is 21.0. The fourth-order valence-electron chi connectivity index (χ4n) is 3.92. The summed E-state index contributed by atoms with van der Waals surface area (Å²) in [5.41, 5.74) is 3.73. The SMILES string of the molecule is Cc1ccc(CCCCCCCCCC2=C(O)C(=O)c3ccccc3C2=O)cc1. The van der Waals surface area contributed by atoms with Crippen LogP contribution in [0.15, 0.2) is 59.9 Å². The quantitative estimate of drug-likeness (QED) is 0.468. The van der Waals surface area contributed by atoms with Gasteiger partial charge in [-0.1, -0.05) is 86.2 Å². The second-order valence-corrected chi connectivity index (χ2v) is 7.99. The number of carbonyl (C=O) groups is 2. The highest BCUT2D eigenvalue weighted by molar-refractivity contribution is 6.25. The molecule has 0 amide bonds. The third-order valence-electron chi connectivity index (χ3n) is 5.70. The maximum atomic E-state index is 12.6. The molecular weight excluding hydrogens is 360 g/mol. The topological polar surface area (TPSA) is 54.4 Å². The van der Waals surface area contributed by atoms with Crippen molar-refractivity contribution in [3.63, 3.8) is 0 Å². The van der Waals surface area contributed by atoms with Crippen LogP contribution in [0.4, 0.5) is 0 Å². The third kappa shape index (κ3) is 5.44. The van der Waals surface area contributed by atoms with Gasteiger partial charge in [0.25, 0.3) is 0 Å². The molecule has 0 spiro atoms. The van der Waals surface area contributed by atoms with Crippen LogP contribution in [0.3, 0.4) is 0 Å². The van der Waals surface area contributed by atoms with Crippen molar-refractivity contribution < 1.29 is 14.7 Å². The zero-order chi connectivity index (χ0) is 20.6. The predicted octanol–water partition coefficient (Wildman–Crippen LogP) is 6.55. The van der Waals surface area contributed by atoms with Gasteiger partial charge in [0.2, 0.25) is 5.78 Å². The molecule has 0 saturated carbocycles. The van der Waals surface area contributed by atoms with E-state index in [1.165, 1.54) is 36.8 Å². The molecule has 0 saturated heterocycles. The molecule has 0 aromatic heterocycles. The van der Waals surface area contributed by atoms with Crippen LogP contribution in [-0.4, -0.2) is 16.7 Å². The Bertz CT molecular complexity index is 890. The Labute approximate surface area is 173 Å². The lowest BCUT2D eigenvalue weighted by Gasteiger charge is -2.17. The number of allylic oxidation sites excluding steroid dienone is 2. The summed E-state index contributed by atoms with van der Waals surface area (Å²) in [5, 5.41) is 10.2. The van der Waals surface area contributed by atoms with Crippen LogP contribution < -0.4 is 0 Å². The fraction of sp³-hybridized carbons (Fsp3) is 0.385. The highest BCUT2D eigenvalue weighted by atomic mass is 16.3. The number of ketones is 2. The molecule has 0 bridgehead atoms. The van der Waals surface area contributed by atoms with Gasteiger partial charge < -0.3 is 5.11 Å². The minimum Gasteiger partial charge on any atom is -0.504 e. The lowest BCUT2D eigenvalue weighted by atomic mass is 9.86. The number of fused-ring (bicyclic) bond motifs is 1. The summed E-state index contributed by atoms with van der Waals surface area (Å²) in [6.45, 7) is 2.11. The number of hydrogen-bond acceptors (Lipinski definition) is 3. The van der Waals surface area contributed by atoms with Crippen LogP contribution in [0.2, 0.25) is 0 Å². The number of Topliss-reactive ketones (excluding diaryl/α,β-unsaturated/α-hetero) is 2. The smallest absolute Gasteiger partial charge is 0.228 e. The van der Waals surface area contributed by atoms with E-state index in [0.717, 1.165) is 25.7 Å². The van der Waals surface area contributed by atoms with Gasteiger partial charge in [-0.05, 0) is 38.2 Å². The number of carbonyl (C=O) groups excluding carboxylic acids is 2. The van der Waals surface area contributed by atoms with E-state index >= 15 is 0 Å². The first-order chi connectivity index (χ1) is 14.1. The normalized spacial score (nSPS) is 13.7. The minimum atomic E-state index is -0.427. The number of unbranched alkanes of at least 4 members (excludes halogenated alkanes) is 6. The molecule has 0 radical (unpaired) electrons. The van der Waals surface area contributed by atoms with E-state index in [-0.39, 0.29) is 17.1 Å². The van der Waals surface area contributed by atoms with Crippen LogP contribution >= 0.6 is 0 Å². The van der Waals surface area contributed by atoms with Crippen molar-refractivity contribution in [1.82, 2.24) is 0 Å². The molecule has 2 aromatic carbocycles. The number of aliphatic hydroxyl groups excluding tert-OH is 1. The number of aryl methyl sites for hydroxylation is 2. The van der Waals surface area contributed by atoms with Gasteiger partial charge in [-0.25, -0.2) is 0 Å². The Morgan fingerprint density at radius 3 is 1.79 bits per heavy atom. The van der Waals surface area contributed by atoms with Gasteiger partial charge in [0.15, 0.2) is 11.5 Å². The molecule has 1 N–H and O–H groups in total. The summed E-state index contributed by atoms with van der Waals surface area (Å²) < 4.78 is 0. The van der Waals surface area contributed by atoms with Gasteiger partial charge in [-0.15, -0.1) is 0 Å². The molecule has 1 aliphatic rings. The molecular formula is C26H30O3. The van der Waals surface area contributed by atoms with Crippen molar-refractivity contribution in [2.75, 3.05) is 0 Å². The maximum absolute atomic E-state index is 12.6. The van der Waals surface area contributed by atoms with Crippen LogP contribution in [0.5, 0.6) is 0 Å². The van der Waals surface area contributed by atoms with E-state index in [1.54, 1.807) is 24.3 Å². The Hall–Kier alpha value is -2.68. The van der Waals surface area contributed by atoms with E-state index < -0.39 is 5.78 Å². The molecule has 152 valence electrons. The van der Waals surface area contributed by atoms with Crippen molar-refractivity contribution >= 4 is 11.6 Å². The monoisotopic (exact) mass is 390 g/mol. The molecule has 1 aliphatic carbocycles. The summed E-state index contributed by atoms with van der Waals surface area (Å²) >= 11 is 0. The van der Waals surface area contributed by atoms with Gasteiger partial charge in [0.1, 0.15) is 0 Å². The lowest BCUT2D eigenvalue weighted by Crippen LogP contribution is -2.22. The number of hydrogen-bond donors (Lipinski definition) is 1. The summed E-state index contributed by atoms with van der Waals surface area (Å²) in [5.74, 6) is -0.984. The molecule has 0 fully saturated rings. The second-order valence-electron chi connectivity index (χ2n) is 7.99. The predicted molar refractivity (Wildman–Crippen MR) is 117 cm³/mol. The zero-order valence-electron chi connectivity index (χ0n) is 17.2. The van der Waals surface area contributed by atoms with Gasteiger partial charge in [0.05, 0.1) is 0 Å². The lowest BCUT2D eigenvalue weighted by molar-refractivity contribution is 0.0926. The van der Waals surface area contributed by atoms with Gasteiger partial charge in [0, 0.05) is 16.7 Å². The summed E-state index contributed by atoms with van der Waals surface area (Å²) in [4.78, 5) is 24.8. The van der Waals surface area contributed by atoms with Crippen LogP contribution in [0.1, 0.15) is 83.2 Å². The molecule has 3 heteroatoms. The van der Waals surface area contributed by atoms with Crippen LogP contribution in [-0.2, 0) is 6.42 Å². The molecule has 2 aromatic rings. The Balaban J connectivity index is 1.32. The first-order valence-electron chi connectivity index (χ1n) is 10.7. The third-order valence-corrected chi connectivity index (χ3v) is 5.70. The molecule has 0 aliphatic heterocycles. The van der Waals surface area contributed by atoms with Gasteiger partial charge in [-0.3, -0.25) is 9.59 Å². The molecule has 0 atom stereocenters. The van der Waals surface area contributed by atoms with Crippen molar-refractivity contribution in [1.29, 1.82) is 0 Å². The maximum Gasteiger partial charge on any atom is 0.228 e. The minimum absolute atomic E-state index is 0.200. The highest BCUT2D eigenvalue weighted by Crippen LogP contribution is 2.28. The van der Waals surface area contributed by atoms with Crippen LogP contribution in [0, 0.1) is 6.92 Å². The number of rotatable bonds is 10. The largest absolute Gasteiger partial charge is 0.504 e. The fourth-order valence-corrected chi connectivity index (χ4v) is 3.92. The Morgan fingerprint density at radius 1 is 0.655 bits per heavy atom. The summed E-state index contributed by atoms with van der Waals surface area (Å²) in [6, 6.07) is 15.5. The average molecular weight is 391 g/mol. The molecule has 3 nitrogen and oxygen atoms in total. The second kappa shape index (κ2) is 10.2. The molecule has 0 heterocycles. The average Bonchev–Trinajstić information content (AvgIpc) is 2.74. The number of benzene rings is 2. The molecule has 3 rings (SSSR count). The van der Waals surface area contributed by atoms with E-state index in [9.17, 15) is 14.7 Å². The van der Waals surface area contributed by atoms with E-state index in [0.29, 0.717) is 17.5 Å². The van der Waals surface area contributed by atoms with Gasteiger partial charge in [-0.2, -0.15) is 0 Å². The van der Waals surface area contributed by atoms with E-state index in [1.807, 2.05) is 0 Å². The molecule has 0 unspecified atom stereocenters. The van der Waals surface area contributed by atoms with Crippen molar-refractivity contribution in [2.45, 2.75) is 64.7 Å². The zero-order valence-corrected chi connectivity index (χ0v) is 17.2. The van der Waals surface area contributed by atoms with Crippen molar-refractivity contribution in [2.24, 2.45) is 0 Å². The van der Waals surface area contributed by atoms with E-state index in [2.05, 4.69) is 31.2 Å². The summed E-state index contributed by atoms with van der Waals surface area (Å²) in [6.07, 6.45) is 9.45. The van der Waals surface area contributed by atoms with Crippen molar-refractivity contribution in [3.05, 3.63) is 82.1 Å². The Morgan fingerprint density at radius 2 is 1.17 bits per heavy atom. The highest BCUT2D eigenvalue weighted by Gasteiger charge is 2.31. The van der Waals surface area contributed by atoms with Gasteiger partial charge >= 0.3 is 0 Å². The van der Waals surface area contributed by atoms with E-state index in [4.69, 9.17) is 0 Å². The molecule has 29 heavy (non-hydrogen) atoms. The number of aliphatic hydroxyl groups is 1. The van der Waals surface area contributed by atoms with Crippen LogP contribution in [0.25, 0.3) is 0 Å². The first-order valence-corrected chi connectivity index (χ1v) is 10.7. The summed E-state index contributed by atoms with van der Waals surface area (Å²) in [7, 11) is 0. The van der Waals surface area contributed by atoms with Crippen molar-refractivity contribution in [3.8, 4) is 0 Å².